The van der Waals surface area contributed by atoms with E-state index in [0.29, 0.717) is 29.7 Å². The maximum absolute atomic E-state index is 13.0. The third kappa shape index (κ3) is 3.31. The molecule has 8 heteroatoms. The number of hydrogen-bond acceptors (Lipinski definition) is 5. The van der Waals surface area contributed by atoms with Crippen molar-refractivity contribution in [2.24, 2.45) is 0 Å². The van der Waals surface area contributed by atoms with E-state index < -0.39 is 10.0 Å². The predicted octanol–water partition coefficient (Wildman–Crippen LogP) is 2.86. The first-order valence-corrected chi connectivity index (χ1v) is 9.87. The van der Waals surface area contributed by atoms with Crippen LogP contribution < -0.4 is 9.47 Å². The lowest BCUT2D eigenvalue weighted by molar-refractivity contribution is 0.171. The topological polar surface area (TPSA) is 68.7 Å². The Morgan fingerprint density at radius 1 is 1.24 bits per heavy atom. The Morgan fingerprint density at radius 3 is 2.76 bits per heavy atom. The summed E-state index contributed by atoms with van der Waals surface area (Å²) in [4.78, 5) is 4.13. The largest absolute Gasteiger partial charge is 0.486 e. The number of aromatic nitrogens is 1. The van der Waals surface area contributed by atoms with Crippen LogP contribution in [0, 0.1) is 0 Å². The summed E-state index contributed by atoms with van der Waals surface area (Å²) in [7, 11) is -3.61. The molecule has 1 aliphatic carbocycles. The van der Waals surface area contributed by atoms with Crippen LogP contribution >= 0.6 is 11.6 Å². The Bertz CT molecular complexity index is 885. The van der Waals surface area contributed by atoms with Gasteiger partial charge in [0.2, 0.25) is 10.0 Å². The lowest BCUT2D eigenvalue weighted by atomic mass is 10.2. The van der Waals surface area contributed by atoms with Crippen LogP contribution in [0.1, 0.15) is 18.4 Å². The molecule has 0 saturated heterocycles. The third-order valence-corrected chi connectivity index (χ3v) is 6.35. The summed E-state index contributed by atoms with van der Waals surface area (Å²) in [5, 5.41) is 0.432. The lowest BCUT2D eigenvalue weighted by Gasteiger charge is -2.24. The van der Waals surface area contributed by atoms with Crippen molar-refractivity contribution in [1.29, 1.82) is 0 Å². The van der Waals surface area contributed by atoms with Gasteiger partial charge in [-0.25, -0.2) is 8.42 Å². The zero-order valence-electron chi connectivity index (χ0n) is 13.4. The number of rotatable bonds is 5. The molecule has 0 radical (unpaired) electrons. The van der Waals surface area contributed by atoms with Crippen LogP contribution in [0.4, 0.5) is 0 Å². The number of sulfonamides is 1. The first-order chi connectivity index (χ1) is 12.1. The van der Waals surface area contributed by atoms with Gasteiger partial charge in [-0.05, 0) is 42.7 Å². The number of halogens is 1. The van der Waals surface area contributed by atoms with Gasteiger partial charge in [-0.2, -0.15) is 4.31 Å². The average Bonchev–Trinajstić information content (AvgIpc) is 3.45. The van der Waals surface area contributed by atoms with Crippen molar-refractivity contribution in [2.75, 3.05) is 13.2 Å². The summed E-state index contributed by atoms with van der Waals surface area (Å²) in [5.41, 5.74) is 0.772. The van der Waals surface area contributed by atoms with Gasteiger partial charge in [0.1, 0.15) is 18.1 Å². The fourth-order valence-corrected chi connectivity index (χ4v) is 4.77. The predicted molar refractivity (Wildman–Crippen MR) is 92.4 cm³/mol. The standard InChI is InChI=1S/C17H17ClN2O4S/c18-15-8-12(9-16-17(15)24-7-6-23-16)11-20(13-3-4-13)25(21,22)14-2-1-5-19-10-14/h1-2,5,8-10,13H,3-4,6-7,11H2. The summed E-state index contributed by atoms with van der Waals surface area (Å²) >= 11 is 6.27. The summed E-state index contributed by atoms with van der Waals surface area (Å²) in [6, 6.07) is 6.74. The SMILES string of the molecule is O=S(=O)(c1cccnc1)N(Cc1cc(Cl)c2c(c1)OCCO2)C1CC1. The first-order valence-electron chi connectivity index (χ1n) is 8.05. The summed E-state index contributed by atoms with van der Waals surface area (Å²) < 4.78 is 38.6. The quantitative estimate of drug-likeness (QED) is 0.797. The van der Waals surface area contributed by atoms with Crippen molar-refractivity contribution in [3.8, 4) is 11.5 Å². The van der Waals surface area contributed by atoms with E-state index in [1.807, 2.05) is 0 Å². The molecule has 1 aromatic heterocycles. The Kier molecular flexibility index (Phi) is 4.31. The molecule has 1 saturated carbocycles. The Balaban J connectivity index is 1.66. The molecule has 0 spiro atoms. The maximum atomic E-state index is 13.0. The number of hydrogen-bond donors (Lipinski definition) is 0. The molecule has 4 rings (SSSR count). The molecule has 132 valence electrons. The molecule has 1 aliphatic heterocycles. The Morgan fingerprint density at radius 2 is 2.04 bits per heavy atom. The van der Waals surface area contributed by atoms with Gasteiger partial charge < -0.3 is 9.47 Å². The Hall–Kier alpha value is -1.83. The average molecular weight is 381 g/mol. The normalized spacial score (nSPS) is 16.9. The number of fused-ring (bicyclic) bond motifs is 1. The van der Waals surface area contributed by atoms with E-state index in [1.165, 1.54) is 10.5 Å². The third-order valence-electron chi connectivity index (χ3n) is 4.19. The van der Waals surface area contributed by atoms with Crippen molar-refractivity contribution in [1.82, 2.24) is 9.29 Å². The second-order valence-corrected chi connectivity index (χ2v) is 8.37. The molecular formula is C17H17ClN2O4S. The van der Waals surface area contributed by atoms with Gasteiger partial charge in [0.15, 0.2) is 11.5 Å². The van der Waals surface area contributed by atoms with Crippen LogP contribution in [-0.4, -0.2) is 37.0 Å². The van der Waals surface area contributed by atoms with E-state index in [4.69, 9.17) is 21.1 Å². The molecular weight excluding hydrogens is 364 g/mol. The van der Waals surface area contributed by atoms with Gasteiger partial charge in [0.05, 0.1) is 5.02 Å². The van der Waals surface area contributed by atoms with Crippen LogP contribution in [0.2, 0.25) is 5.02 Å². The van der Waals surface area contributed by atoms with Gasteiger partial charge in [-0.1, -0.05) is 11.6 Å². The molecule has 0 N–H and O–H groups in total. The first kappa shape index (κ1) is 16.6. The van der Waals surface area contributed by atoms with Gasteiger partial charge in [-0.15, -0.1) is 0 Å². The highest BCUT2D eigenvalue weighted by atomic mass is 35.5. The summed E-state index contributed by atoms with van der Waals surface area (Å²) in [6.07, 6.45) is 4.65. The minimum absolute atomic E-state index is 0.0113. The highest BCUT2D eigenvalue weighted by Gasteiger charge is 2.38. The maximum Gasteiger partial charge on any atom is 0.245 e. The summed E-state index contributed by atoms with van der Waals surface area (Å²) in [5.74, 6) is 1.08. The minimum atomic E-state index is -3.61. The zero-order chi connectivity index (χ0) is 17.4. The van der Waals surface area contributed by atoms with Crippen molar-refractivity contribution in [3.05, 3.63) is 47.2 Å². The lowest BCUT2D eigenvalue weighted by Crippen LogP contribution is -2.32. The molecule has 0 amide bonds. The van der Waals surface area contributed by atoms with Gasteiger partial charge in [0.25, 0.3) is 0 Å². The molecule has 0 bridgehead atoms. The van der Waals surface area contributed by atoms with Crippen LogP contribution in [0.15, 0.2) is 41.6 Å². The van der Waals surface area contributed by atoms with E-state index in [9.17, 15) is 8.42 Å². The van der Waals surface area contributed by atoms with Crippen LogP contribution in [0.3, 0.4) is 0 Å². The van der Waals surface area contributed by atoms with Crippen molar-refractivity contribution < 1.29 is 17.9 Å². The Labute approximate surface area is 151 Å². The fraction of sp³-hybridized carbons (Fsp3) is 0.353. The number of benzene rings is 1. The minimum Gasteiger partial charge on any atom is -0.486 e. The second-order valence-electron chi connectivity index (χ2n) is 6.07. The van der Waals surface area contributed by atoms with Gasteiger partial charge in [0, 0.05) is 25.0 Å². The highest BCUT2D eigenvalue weighted by molar-refractivity contribution is 7.89. The second kappa shape index (κ2) is 6.48. The molecule has 6 nitrogen and oxygen atoms in total. The monoisotopic (exact) mass is 380 g/mol. The molecule has 2 aromatic rings. The van der Waals surface area contributed by atoms with E-state index in [0.717, 1.165) is 18.4 Å². The molecule has 2 heterocycles. The van der Waals surface area contributed by atoms with Gasteiger partial charge >= 0.3 is 0 Å². The smallest absolute Gasteiger partial charge is 0.245 e. The number of ether oxygens (including phenoxy) is 2. The van der Waals surface area contributed by atoms with E-state index in [1.54, 1.807) is 30.5 Å². The summed E-state index contributed by atoms with van der Waals surface area (Å²) in [6.45, 7) is 1.14. The van der Waals surface area contributed by atoms with Crippen molar-refractivity contribution in [2.45, 2.75) is 30.3 Å². The van der Waals surface area contributed by atoms with Gasteiger partial charge in [-0.3, -0.25) is 4.98 Å². The van der Waals surface area contributed by atoms with Crippen LogP contribution in [-0.2, 0) is 16.6 Å². The van der Waals surface area contributed by atoms with Crippen molar-refractivity contribution >= 4 is 21.6 Å². The highest BCUT2D eigenvalue weighted by Crippen LogP contribution is 2.40. The molecule has 25 heavy (non-hydrogen) atoms. The molecule has 0 atom stereocenters. The molecule has 0 unspecified atom stereocenters. The number of nitrogens with zero attached hydrogens (tertiary/aromatic N) is 2. The fourth-order valence-electron chi connectivity index (χ4n) is 2.84. The zero-order valence-corrected chi connectivity index (χ0v) is 15.0. The van der Waals surface area contributed by atoms with E-state index in [2.05, 4.69) is 4.98 Å². The molecule has 1 fully saturated rings. The molecule has 2 aliphatic rings. The van der Waals surface area contributed by atoms with E-state index in [-0.39, 0.29) is 17.5 Å². The van der Waals surface area contributed by atoms with E-state index >= 15 is 0 Å². The van der Waals surface area contributed by atoms with Crippen molar-refractivity contribution in [3.63, 3.8) is 0 Å². The van der Waals surface area contributed by atoms with Crippen LogP contribution in [0.25, 0.3) is 0 Å². The number of pyridine rings is 1. The van der Waals surface area contributed by atoms with Crippen LogP contribution in [0.5, 0.6) is 11.5 Å². The molecule has 1 aromatic carbocycles.